The monoisotopic (exact) mass is 529 g/mol. The lowest BCUT2D eigenvalue weighted by Crippen LogP contribution is -2.54. The molecule has 0 saturated carbocycles. The van der Waals surface area contributed by atoms with Gasteiger partial charge in [0, 0.05) is 36.2 Å². The van der Waals surface area contributed by atoms with Crippen molar-refractivity contribution in [1.82, 2.24) is 14.9 Å². The third kappa shape index (κ3) is 6.27. The van der Waals surface area contributed by atoms with Crippen LogP contribution in [0.25, 0.3) is 0 Å². The third-order valence-corrected chi connectivity index (χ3v) is 7.76. The van der Waals surface area contributed by atoms with Gasteiger partial charge in [-0.2, -0.15) is 5.26 Å². The number of rotatable bonds is 9. The highest BCUT2D eigenvalue weighted by molar-refractivity contribution is 6.35. The Bertz CT molecular complexity index is 1130. The molecular formula is C26H33Cl2N7O. The first-order valence-corrected chi connectivity index (χ1v) is 13.2. The van der Waals surface area contributed by atoms with Crippen molar-refractivity contribution in [1.29, 1.82) is 10.7 Å². The molecule has 3 unspecified atom stereocenters. The molecule has 3 N–H and O–H groups in total. The van der Waals surface area contributed by atoms with E-state index >= 15 is 0 Å². The number of aromatic nitrogens is 2. The fourth-order valence-electron chi connectivity index (χ4n) is 5.05. The molecule has 1 aromatic carbocycles. The first-order chi connectivity index (χ1) is 17.2. The minimum atomic E-state index is -0.255. The number of benzene rings is 1. The van der Waals surface area contributed by atoms with Crippen LogP contribution < -0.4 is 10.2 Å². The fourth-order valence-corrected chi connectivity index (χ4v) is 5.62. The summed E-state index contributed by atoms with van der Waals surface area (Å²) in [6, 6.07) is 6.95. The molecule has 10 heteroatoms. The molecule has 0 spiro atoms. The zero-order valence-electron chi connectivity index (χ0n) is 20.7. The second-order valence-electron chi connectivity index (χ2n) is 9.95. The summed E-state index contributed by atoms with van der Waals surface area (Å²) in [6.45, 7) is 8.77. The van der Waals surface area contributed by atoms with E-state index in [1.54, 1.807) is 18.3 Å². The van der Waals surface area contributed by atoms with E-state index in [2.05, 4.69) is 20.1 Å². The zero-order valence-corrected chi connectivity index (χ0v) is 22.2. The van der Waals surface area contributed by atoms with Crippen LogP contribution >= 0.6 is 23.2 Å². The van der Waals surface area contributed by atoms with Crippen LogP contribution in [-0.4, -0.2) is 64.5 Å². The van der Waals surface area contributed by atoms with Gasteiger partial charge in [0.2, 0.25) is 0 Å². The number of anilines is 2. The van der Waals surface area contributed by atoms with Crippen LogP contribution in [0.5, 0.6) is 0 Å². The number of piperidine rings is 1. The molecule has 2 fully saturated rings. The predicted molar refractivity (Wildman–Crippen MR) is 144 cm³/mol. The summed E-state index contributed by atoms with van der Waals surface area (Å²) in [7, 11) is 0. The summed E-state index contributed by atoms with van der Waals surface area (Å²) in [5.74, 6) is 2.37. The van der Waals surface area contributed by atoms with Crippen LogP contribution in [0, 0.1) is 28.6 Å². The van der Waals surface area contributed by atoms with Crippen molar-refractivity contribution in [3.05, 3.63) is 45.7 Å². The lowest BCUT2D eigenvalue weighted by atomic mass is 9.80. The first kappa shape index (κ1) is 26.6. The Hall–Kier alpha value is -2.44. The molecule has 3 heterocycles. The van der Waals surface area contributed by atoms with Gasteiger partial charge >= 0.3 is 0 Å². The molecule has 0 radical (unpaired) electrons. The number of nitrogens with zero attached hydrogens (tertiary/aromatic N) is 5. The van der Waals surface area contributed by atoms with Crippen LogP contribution in [0.3, 0.4) is 0 Å². The van der Waals surface area contributed by atoms with E-state index in [1.165, 1.54) is 12.8 Å². The topological polar surface area (TPSA) is 112 Å². The first-order valence-electron chi connectivity index (χ1n) is 12.5. The maximum atomic E-state index is 9.62. The number of aliphatic hydroxyl groups excluding tert-OH is 1. The fraction of sp³-hybridized carbons (Fsp3) is 0.538. The van der Waals surface area contributed by atoms with Gasteiger partial charge in [-0.05, 0) is 69.2 Å². The molecule has 192 valence electrons. The van der Waals surface area contributed by atoms with Gasteiger partial charge in [-0.25, -0.2) is 9.97 Å². The summed E-state index contributed by atoms with van der Waals surface area (Å²) >= 11 is 12.4. The molecular weight excluding hydrogens is 497 g/mol. The van der Waals surface area contributed by atoms with E-state index < -0.39 is 0 Å². The Kier molecular flexibility index (Phi) is 8.68. The smallest absolute Gasteiger partial charge is 0.161 e. The number of likely N-dealkylation sites (tertiary alicyclic amines) is 1. The Morgan fingerprint density at radius 2 is 2.06 bits per heavy atom. The van der Waals surface area contributed by atoms with Crippen molar-refractivity contribution in [3.8, 4) is 6.07 Å². The highest BCUT2D eigenvalue weighted by atomic mass is 35.5. The van der Waals surface area contributed by atoms with E-state index in [1.807, 2.05) is 26.0 Å². The average Bonchev–Trinajstić information content (AvgIpc) is 2.81. The molecule has 0 amide bonds. The number of nitrogens with one attached hydrogen (secondary N) is 2. The number of nitriles is 1. The Morgan fingerprint density at radius 1 is 1.28 bits per heavy atom. The minimum absolute atomic E-state index is 0.219. The van der Waals surface area contributed by atoms with Crippen molar-refractivity contribution in [3.63, 3.8) is 0 Å². The number of halogens is 2. The average molecular weight is 531 g/mol. The molecule has 2 saturated heterocycles. The number of hydrogen-bond donors (Lipinski definition) is 3. The van der Waals surface area contributed by atoms with Crippen molar-refractivity contribution in [2.24, 2.45) is 11.8 Å². The van der Waals surface area contributed by atoms with Gasteiger partial charge in [0.15, 0.2) is 11.5 Å². The van der Waals surface area contributed by atoms with Gasteiger partial charge in [0.1, 0.15) is 17.6 Å². The van der Waals surface area contributed by atoms with Crippen LogP contribution in [0.15, 0.2) is 24.4 Å². The third-order valence-electron chi connectivity index (χ3n) is 7.20. The molecule has 1 aromatic heterocycles. The summed E-state index contributed by atoms with van der Waals surface area (Å²) in [6.07, 6.45) is 4.65. The van der Waals surface area contributed by atoms with Crippen molar-refractivity contribution >= 4 is 40.5 Å². The summed E-state index contributed by atoms with van der Waals surface area (Å²) in [5.41, 5.74) is 0.812. The van der Waals surface area contributed by atoms with Crippen LogP contribution in [-0.2, 0) is 0 Å². The Balaban J connectivity index is 1.44. The zero-order chi connectivity index (χ0) is 25.8. The maximum Gasteiger partial charge on any atom is 0.161 e. The molecule has 0 bridgehead atoms. The molecule has 3 atom stereocenters. The second-order valence-corrected chi connectivity index (χ2v) is 10.8. The lowest BCUT2D eigenvalue weighted by molar-refractivity contribution is 0.0987. The normalized spacial score (nSPS) is 20.3. The van der Waals surface area contributed by atoms with E-state index in [0.29, 0.717) is 27.7 Å². The molecule has 0 aliphatic carbocycles. The standard InChI is InChI=1S/C26H33Cl2N7O/c1-16(36)7-9-34-8-3-4-18(13-34)19-14-35(15-19)24-12-31-25(23(30)11-29)26(33-24)32-17(2)21-6-5-20(27)10-22(21)28/h5-6,10,12,16-19,30,36H,3-4,7-9,13-15H2,1-2H3,(H,32,33). The quantitative estimate of drug-likeness (QED) is 0.401. The van der Waals surface area contributed by atoms with Crippen LogP contribution in [0.4, 0.5) is 11.6 Å². The SMILES string of the molecule is CC(O)CCN1CCCC(C2CN(c3cnc(C(=N)C#N)c(NC(C)c4ccc(Cl)cc4Cl)n3)C2)C1. The van der Waals surface area contributed by atoms with Gasteiger partial charge in [-0.15, -0.1) is 0 Å². The lowest BCUT2D eigenvalue weighted by Gasteiger charge is -2.47. The van der Waals surface area contributed by atoms with Crippen molar-refractivity contribution in [2.75, 3.05) is 42.9 Å². The van der Waals surface area contributed by atoms with Gasteiger partial charge < -0.3 is 20.2 Å². The van der Waals surface area contributed by atoms with Crippen LogP contribution in [0.1, 0.15) is 50.4 Å². The molecule has 36 heavy (non-hydrogen) atoms. The van der Waals surface area contributed by atoms with E-state index in [9.17, 15) is 10.4 Å². The molecule has 8 nitrogen and oxygen atoms in total. The maximum absolute atomic E-state index is 9.62. The summed E-state index contributed by atoms with van der Waals surface area (Å²) in [4.78, 5) is 13.9. The second kappa shape index (κ2) is 11.7. The highest BCUT2D eigenvalue weighted by Crippen LogP contribution is 2.34. The number of hydrogen-bond acceptors (Lipinski definition) is 8. The Labute approximate surface area is 222 Å². The predicted octanol–water partition coefficient (Wildman–Crippen LogP) is 4.77. The molecule has 2 aliphatic rings. The van der Waals surface area contributed by atoms with Gasteiger partial charge in [-0.1, -0.05) is 29.3 Å². The molecule has 4 rings (SSSR count). The van der Waals surface area contributed by atoms with Crippen molar-refractivity contribution in [2.45, 2.75) is 45.3 Å². The van der Waals surface area contributed by atoms with Gasteiger partial charge in [0.05, 0.1) is 18.3 Å². The van der Waals surface area contributed by atoms with E-state index in [0.717, 1.165) is 50.5 Å². The Morgan fingerprint density at radius 3 is 2.75 bits per heavy atom. The van der Waals surface area contributed by atoms with Crippen LogP contribution in [0.2, 0.25) is 10.0 Å². The summed E-state index contributed by atoms with van der Waals surface area (Å²) in [5, 5.41) is 31.4. The van der Waals surface area contributed by atoms with Gasteiger partial charge in [0.25, 0.3) is 0 Å². The van der Waals surface area contributed by atoms with Crippen molar-refractivity contribution < 1.29 is 5.11 Å². The number of aliphatic hydroxyl groups is 1. The minimum Gasteiger partial charge on any atom is -0.393 e. The van der Waals surface area contributed by atoms with E-state index in [4.69, 9.17) is 33.6 Å². The molecule has 2 aliphatic heterocycles. The largest absolute Gasteiger partial charge is 0.393 e. The van der Waals surface area contributed by atoms with Gasteiger partial charge in [-0.3, -0.25) is 5.41 Å². The molecule has 2 aromatic rings. The summed E-state index contributed by atoms with van der Waals surface area (Å²) < 4.78 is 0. The highest BCUT2D eigenvalue weighted by Gasteiger charge is 2.36. The van der Waals surface area contributed by atoms with E-state index in [-0.39, 0.29) is 23.6 Å².